The van der Waals surface area contributed by atoms with Crippen LogP contribution in [0.25, 0.3) is 0 Å². The summed E-state index contributed by atoms with van der Waals surface area (Å²) in [6.07, 6.45) is 0.263. The molecule has 0 aromatic heterocycles. The number of rotatable bonds is 5. The zero-order valence-electron chi connectivity index (χ0n) is 9.82. The van der Waals surface area contributed by atoms with Gasteiger partial charge in [-0.05, 0) is 18.2 Å². The van der Waals surface area contributed by atoms with Gasteiger partial charge in [0.05, 0.1) is 17.5 Å². The van der Waals surface area contributed by atoms with Crippen LogP contribution in [0.1, 0.15) is 6.42 Å². The molecule has 0 atom stereocenters. The van der Waals surface area contributed by atoms with Crippen molar-refractivity contribution in [2.45, 2.75) is 6.42 Å². The third kappa shape index (κ3) is 4.22. The Morgan fingerprint density at radius 2 is 2.33 bits per heavy atom. The largest absolute Gasteiger partial charge is 0.482 e. The van der Waals surface area contributed by atoms with Crippen LogP contribution in [-0.2, 0) is 4.79 Å². The number of benzene rings is 1. The fourth-order valence-corrected chi connectivity index (χ4v) is 1.41. The quantitative estimate of drug-likeness (QED) is 0.824. The number of likely N-dealkylation sites (N-methyl/N-ethyl adjacent to an activating group) is 1. The molecule has 0 unspecified atom stereocenters. The summed E-state index contributed by atoms with van der Waals surface area (Å²) in [4.78, 5) is 13.0. The molecule has 0 fully saturated rings. The summed E-state index contributed by atoms with van der Waals surface area (Å²) in [5, 5.41) is 8.51. The standard InChI is InChI=1S/C12H12ClFN2O2/c1-16(6-2-5-15)12(17)8-18-11-4-3-9(14)7-10(11)13/h3-4,7H,2,6,8H2,1H3. The van der Waals surface area contributed by atoms with Crippen molar-refractivity contribution in [3.63, 3.8) is 0 Å². The fraction of sp³-hybridized carbons (Fsp3) is 0.333. The number of amides is 1. The third-order valence-corrected chi connectivity index (χ3v) is 2.53. The first-order valence-electron chi connectivity index (χ1n) is 5.23. The second-order valence-corrected chi connectivity index (χ2v) is 3.99. The van der Waals surface area contributed by atoms with Gasteiger partial charge in [-0.3, -0.25) is 4.79 Å². The van der Waals surface area contributed by atoms with Gasteiger partial charge in [0, 0.05) is 13.6 Å². The topological polar surface area (TPSA) is 53.3 Å². The SMILES string of the molecule is CN(CCC#N)C(=O)COc1ccc(F)cc1Cl. The molecule has 18 heavy (non-hydrogen) atoms. The Morgan fingerprint density at radius 1 is 1.61 bits per heavy atom. The van der Waals surface area contributed by atoms with Crippen molar-refractivity contribution in [3.8, 4) is 11.8 Å². The second kappa shape index (κ2) is 6.82. The van der Waals surface area contributed by atoms with Gasteiger partial charge in [-0.1, -0.05) is 11.6 Å². The molecule has 0 spiro atoms. The van der Waals surface area contributed by atoms with Gasteiger partial charge >= 0.3 is 0 Å². The predicted molar refractivity (Wildman–Crippen MR) is 64.8 cm³/mol. The first-order chi connectivity index (χ1) is 8.54. The molecule has 0 bridgehead atoms. The zero-order chi connectivity index (χ0) is 13.5. The Bertz CT molecular complexity index is 474. The molecule has 1 rings (SSSR count). The zero-order valence-corrected chi connectivity index (χ0v) is 10.6. The summed E-state index contributed by atoms with van der Waals surface area (Å²) in [5.41, 5.74) is 0. The second-order valence-electron chi connectivity index (χ2n) is 3.59. The van der Waals surface area contributed by atoms with E-state index in [1.54, 1.807) is 7.05 Å². The highest BCUT2D eigenvalue weighted by Gasteiger charge is 2.10. The molecule has 4 nitrogen and oxygen atoms in total. The summed E-state index contributed by atoms with van der Waals surface area (Å²) < 4.78 is 18.0. The Kier molecular flexibility index (Phi) is 5.40. The van der Waals surface area contributed by atoms with E-state index in [1.807, 2.05) is 6.07 Å². The minimum atomic E-state index is -0.468. The summed E-state index contributed by atoms with van der Waals surface area (Å²) >= 11 is 5.74. The van der Waals surface area contributed by atoms with E-state index in [4.69, 9.17) is 21.6 Å². The Balaban J connectivity index is 2.50. The molecule has 96 valence electrons. The van der Waals surface area contributed by atoms with Gasteiger partial charge in [0.1, 0.15) is 11.6 Å². The minimum absolute atomic E-state index is 0.113. The average molecular weight is 271 g/mol. The summed E-state index contributed by atoms with van der Waals surface area (Å²) in [6, 6.07) is 5.62. The van der Waals surface area contributed by atoms with Gasteiger partial charge in [-0.25, -0.2) is 4.39 Å². The number of ether oxygens (including phenoxy) is 1. The molecule has 0 N–H and O–H groups in total. The van der Waals surface area contributed by atoms with Crippen molar-refractivity contribution in [3.05, 3.63) is 29.0 Å². The predicted octanol–water partition coefficient (Wildman–Crippen LogP) is 2.23. The van der Waals surface area contributed by atoms with Crippen LogP contribution in [0.2, 0.25) is 5.02 Å². The summed E-state index contributed by atoms with van der Waals surface area (Å²) in [7, 11) is 1.58. The molecule has 1 amide bonds. The van der Waals surface area contributed by atoms with E-state index in [9.17, 15) is 9.18 Å². The number of carbonyl (C=O) groups excluding carboxylic acids is 1. The Hall–Kier alpha value is -1.80. The Labute approximate surface area is 110 Å². The normalized spacial score (nSPS) is 9.67. The van der Waals surface area contributed by atoms with Crippen LogP contribution in [0.5, 0.6) is 5.75 Å². The number of hydrogen-bond donors (Lipinski definition) is 0. The van der Waals surface area contributed by atoms with Crippen LogP contribution in [0, 0.1) is 17.1 Å². The van der Waals surface area contributed by atoms with Crippen molar-refractivity contribution >= 4 is 17.5 Å². The summed E-state index contributed by atoms with van der Waals surface area (Å²) in [6.45, 7) is 0.142. The maximum absolute atomic E-state index is 12.8. The average Bonchev–Trinajstić information content (AvgIpc) is 2.34. The van der Waals surface area contributed by atoms with Crippen molar-refractivity contribution in [2.24, 2.45) is 0 Å². The lowest BCUT2D eigenvalue weighted by Gasteiger charge is -2.16. The van der Waals surface area contributed by atoms with E-state index in [1.165, 1.54) is 17.0 Å². The number of hydrogen-bond acceptors (Lipinski definition) is 3. The molecule has 1 aromatic carbocycles. The first kappa shape index (κ1) is 14.3. The Morgan fingerprint density at radius 3 is 2.94 bits per heavy atom. The molecule has 6 heteroatoms. The molecule has 0 saturated heterocycles. The lowest BCUT2D eigenvalue weighted by atomic mass is 10.3. The van der Waals surface area contributed by atoms with Crippen LogP contribution >= 0.6 is 11.6 Å². The van der Waals surface area contributed by atoms with E-state index in [0.717, 1.165) is 6.07 Å². The lowest BCUT2D eigenvalue weighted by Crippen LogP contribution is -2.32. The van der Waals surface area contributed by atoms with E-state index < -0.39 is 5.82 Å². The first-order valence-corrected chi connectivity index (χ1v) is 5.61. The highest BCUT2D eigenvalue weighted by molar-refractivity contribution is 6.32. The molecule has 0 aliphatic heterocycles. The van der Waals surface area contributed by atoms with Crippen molar-refractivity contribution in [1.82, 2.24) is 4.90 Å². The molecule has 0 saturated carbocycles. The van der Waals surface area contributed by atoms with E-state index >= 15 is 0 Å². The molecule has 0 heterocycles. The van der Waals surface area contributed by atoms with Crippen LogP contribution in [0.4, 0.5) is 4.39 Å². The van der Waals surface area contributed by atoms with Crippen LogP contribution < -0.4 is 4.74 Å². The van der Waals surface area contributed by atoms with Gasteiger partial charge in [0.25, 0.3) is 5.91 Å². The van der Waals surface area contributed by atoms with Crippen molar-refractivity contribution < 1.29 is 13.9 Å². The van der Waals surface area contributed by atoms with Gasteiger partial charge in [0.15, 0.2) is 6.61 Å². The third-order valence-electron chi connectivity index (χ3n) is 2.23. The number of halogens is 2. The molecule has 1 aromatic rings. The van der Waals surface area contributed by atoms with Crippen LogP contribution in [0.15, 0.2) is 18.2 Å². The number of nitriles is 1. The minimum Gasteiger partial charge on any atom is -0.482 e. The molecule has 0 radical (unpaired) electrons. The molecular weight excluding hydrogens is 259 g/mol. The van der Waals surface area contributed by atoms with Gasteiger partial charge in [0.2, 0.25) is 0 Å². The van der Waals surface area contributed by atoms with E-state index in [-0.39, 0.29) is 29.7 Å². The number of nitrogens with zero attached hydrogens (tertiary/aromatic N) is 2. The van der Waals surface area contributed by atoms with Gasteiger partial charge in [-0.2, -0.15) is 5.26 Å². The maximum atomic E-state index is 12.8. The smallest absolute Gasteiger partial charge is 0.260 e. The van der Waals surface area contributed by atoms with Crippen LogP contribution in [-0.4, -0.2) is 31.0 Å². The summed E-state index contributed by atoms with van der Waals surface area (Å²) in [5.74, 6) is -0.490. The van der Waals surface area contributed by atoms with Crippen LogP contribution in [0.3, 0.4) is 0 Å². The van der Waals surface area contributed by atoms with Gasteiger partial charge < -0.3 is 9.64 Å². The maximum Gasteiger partial charge on any atom is 0.260 e. The molecule has 0 aliphatic rings. The lowest BCUT2D eigenvalue weighted by molar-refractivity contribution is -0.131. The molecule has 0 aliphatic carbocycles. The molecular formula is C12H12ClFN2O2. The van der Waals surface area contributed by atoms with Gasteiger partial charge in [-0.15, -0.1) is 0 Å². The number of carbonyl (C=O) groups is 1. The van der Waals surface area contributed by atoms with Crippen molar-refractivity contribution in [1.29, 1.82) is 5.26 Å². The fourth-order valence-electron chi connectivity index (χ4n) is 1.18. The van der Waals surface area contributed by atoms with E-state index in [2.05, 4.69) is 0 Å². The van der Waals surface area contributed by atoms with Crippen molar-refractivity contribution in [2.75, 3.05) is 20.2 Å². The highest BCUT2D eigenvalue weighted by Crippen LogP contribution is 2.24. The monoisotopic (exact) mass is 270 g/mol. The van der Waals surface area contributed by atoms with E-state index in [0.29, 0.717) is 6.54 Å². The highest BCUT2D eigenvalue weighted by atomic mass is 35.5.